The Morgan fingerprint density at radius 2 is 1.23 bits per heavy atom. The number of thioether (sulfide) groups is 2. The molecule has 2 saturated heterocycles. The molecule has 306 valence electrons. The molecule has 0 spiro atoms. The average Bonchev–Trinajstić information content (AvgIpc) is 3.66. The molecule has 2 fully saturated rings. The van der Waals surface area contributed by atoms with Crippen molar-refractivity contribution < 1.29 is 29.0 Å². The van der Waals surface area contributed by atoms with Crippen molar-refractivity contribution in [2.24, 2.45) is 0 Å². The number of hydrogen-bond acceptors (Lipinski definition) is 10. The van der Waals surface area contributed by atoms with Crippen LogP contribution in [0.15, 0.2) is 113 Å². The summed E-state index contributed by atoms with van der Waals surface area (Å²) < 4.78 is 5.33. The molecule has 1 N–H and O–H groups in total. The number of fused-ring (bicyclic) bond motifs is 3. The second-order valence-electron chi connectivity index (χ2n) is 14.8. The predicted octanol–water partition coefficient (Wildman–Crippen LogP) is 11.3. The maximum atomic E-state index is 13.0. The zero-order chi connectivity index (χ0) is 42.8. The van der Waals surface area contributed by atoms with Gasteiger partial charge in [-0.2, -0.15) is 0 Å². The van der Waals surface area contributed by atoms with E-state index in [0.717, 1.165) is 72.8 Å². The largest absolute Gasteiger partial charge is 0.480 e. The number of carbonyl (C=O) groups excluding carboxylic acids is 3. The summed E-state index contributed by atoms with van der Waals surface area (Å²) in [6.07, 6.45) is 8.17. The Labute approximate surface area is 372 Å². The molecule has 0 bridgehead atoms. The summed E-state index contributed by atoms with van der Waals surface area (Å²) in [5.74, 6) is -1.86. The number of carbonyl (C=O) groups is 4. The van der Waals surface area contributed by atoms with Gasteiger partial charge in [-0.3, -0.25) is 29.0 Å². The smallest absolute Gasteiger partial charge is 0.323 e. The van der Waals surface area contributed by atoms with Crippen LogP contribution in [0.3, 0.4) is 0 Å². The number of carboxylic acid groups (broad SMARTS) is 1. The lowest BCUT2D eigenvalue weighted by Gasteiger charge is -2.26. The standard InChI is InChI=1S/C48H39N3O6S4/c1-3-4-5-6-32-21-37-23-38-25-41(16-12-34(38)22-36(37)17-29(32)2)51(39-13-8-30(9-14-39)19-42-45(55)49(26-44(53)54)47(58)60-42)40-15-11-33-18-31(7-10-35(33)24-40)20-43-46(56)50(27-57-28-52)48(59)61-43/h7-25,28H,3-6,26-27H2,1-2H3,(H,53,54)/b42-19+,43-20-. The topological polar surface area (TPSA) is 107 Å². The van der Waals surface area contributed by atoms with Crippen molar-refractivity contribution in [3.8, 4) is 0 Å². The maximum Gasteiger partial charge on any atom is 0.323 e. The molecular weight excluding hydrogens is 843 g/mol. The van der Waals surface area contributed by atoms with Crippen LogP contribution in [0.5, 0.6) is 0 Å². The first-order valence-corrected chi connectivity index (χ1v) is 22.1. The lowest BCUT2D eigenvalue weighted by molar-refractivity contribution is -0.140. The number of thiocarbonyl (C=S) groups is 2. The molecule has 9 nitrogen and oxygen atoms in total. The van der Waals surface area contributed by atoms with Crippen LogP contribution in [-0.2, 0) is 30.3 Å². The van der Waals surface area contributed by atoms with Gasteiger partial charge in [-0.1, -0.05) is 116 Å². The molecular formula is C48H39N3O6S4. The van der Waals surface area contributed by atoms with E-state index in [1.54, 1.807) is 12.2 Å². The van der Waals surface area contributed by atoms with Crippen LogP contribution in [0.2, 0.25) is 0 Å². The van der Waals surface area contributed by atoms with Gasteiger partial charge in [0.15, 0.2) is 11.1 Å². The summed E-state index contributed by atoms with van der Waals surface area (Å²) in [6, 6.07) is 35.8. The van der Waals surface area contributed by atoms with Crippen LogP contribution in [-0.4, -0.2) is 61.1 Å². The molecule has 61 heavy (non-hydrogen) atoms. The molecule has 2 heterocycles. The number of amides is 2. The van der Waals surface area contributed by atoms with Crippen molar-refractivity contribution in [1.29, 1.82) is 0 Å². The van der Waals surface area contributed by atoms with E-state index >= 15 is 0 Å². The van der Waals surface area contributed by atoms with Gasteiger partial charge in [0.05, 0.1) is 9.81 Å². The highest BCUT2D eigenvalue weighted by Gasteiger charge is 2.34. The van der Waals surface area contributed by atoms with E-state index in [4.69, 9.17) is 29.2 Å². The summed E-state index contributed by atoms with van der Waals surface area (Å²) in [5.41, 5.74) is 7.09. The highest BCUT2D eigenvalue weighted by atomic mass is 32.2. The van der Waals surface area contributed by atoms with Gasteiger partial charge < -0.3 is 14.7 Å². The van der Waals surface area contributed by atoms with Gasteiger partial charge in [-0.05, 0) is 141 Å². The minimum absolute atomic E-state index is 0.219. The highest BCUT2D eigenvalue weighted by molar-refractivity contribution is 8.27. The van der Waals surface area contributed by atoms with Crippen molar-refractivity contribution in [2.45, 2.75) is 39.5 Å². The number of aliphatic carboxylic acids is 1. The molecule has 13 heteroatoms. The van der Waals surface area contributed by atoms with E-state index in [-0.39, 0.29) is 23.4 Å². The Morgan fingerprint density at radius 1 is 0.689 bits per heavy atom. The number of benzene rings is 6. The summed E-state index contributed by atoms with van der Waals surface area (Å²) in [5, 5.41) is 15.9. The molecule has 0 unspecified atom stereocenters. The molecule has 6 aromatic rings. The van der Waals surface area contributed by atoms with Crippen molar-refractivity contribution in [3.05, 3.63) is 135 Å². The minimum Gasteiger partial charge on any atom is -0.480 e. The van der Waals surface area contributed by atoms with Crippen LogP contribution in [0.25, 0.3) is 44.5 Å². The Balaban J connectivity index is 1.16. The number of hydrogen-bond donors (Lipinski definition) is 1. The van der Waals surface area contributed by atoms with E-state index in [2.05, 4.69) is 79.4 Å². The third-order valence-corrected chi connectivity index (χ3v) is 13.5. The fourth-order valence-corrected chi connectivity index (χ4v) is 10.1. The monoisotopic (exact) mass is 881 g/mol. The summed E-state index contributed by atoms with van der Waals surface area (Å²) >= 11 is 12.9. The normalized spacial score (nSPS) is 15.6. The molecule has 0 saturated carbocycles. The van der Waals surface area contributed by atoms with Gasteiger partial charge in [-0.25, -0.2) is 0 Å². The van der Waals surface area contributed by atoms with Gasteiger partial charge >= 0.3 is 5.97 Å². The summed E-state index contributed by atoms with van der Waals surface area (Å²) in [7, 11) is 0. The number of carboxylic acids is 1. The van der Waals surface area contributed by atoms with Crippen molar-refractivity contribution in [2.75, 3.05) is 18.2 Å². The van der Waals surface area contributed by atoms with Gasteiger partial charge in [-0.15, -0.1) is 0 Å². The SMILES string of the molecule is CCCCCc1cc2cc3cc(N(c4ccc(/C=C5/SC(=S)N(CC(=O)O)C5=O)cc4)c4ccc5cc(/C=C6\SC(=S)N(COC=O)C6=O)ccc5c4)ccc3cc2cc1C. The molecule has 8 rings (SSSR count). The second kappa shape index (κ2) is 18.0. The second-order valence-corrected chi connectivity index (χ2v) is 18.2. The Bertz CT molecular complexity index is 2870. The first-order valence-electron chi connectivity index (χ1n) is 19.7. The third kappa shape index (κ3) is 8.96. The highest BCUT2D eigenvalue weighted by Crippen LogP contribution is 2.40. The Kier molecular flexibility index (Phi) is 12.4. The van der Waals surface area contributed by atoms with Crippen LogP contribution in [0, 0.1) is 6.92 Å². The Hall–Kier alpha value is -5.86. The predicted molar refractivity (Wildman–Crippen MR) is 256 cm³/mol. The first kappa shape index (κ1) is 41.9. The van der Waals surface area contributed by atoms with Gasteiger partial charge in [0.1, 0.15) is 10.9 Å². The fourth-order valence-electron chi connectivity index (χ4n) is 7.61. The van der Waals surface area contributed by atoms with Gasteiger partial charge in [0.25, 0.3) is 18.3 Å². The number of unbranched alkanes of at least 4 members (excludes halogenated alkanes) is 2. The zero-order valence-electron chi connectivity index (χ0n) is 33.3. The number of aryl methyl sites for hydroxylation is 2. The number of anilines is 3. The lowest BCUT2D eigenvalue weighted by Crippen LogP contribution is -2.33. The first-order chi connectivity index (χ1) is 29.5. The molecule has 6 aromatic carbocycles. The minimum atomic E-state index is -1.13. The summed E-state index contributed by atoms with van der Waals surface area (Å²) in [4.78, 5) is 53.4. The quantitative estimate of drug-likeness (QED) is 0.0371. The lowest BCUT2D eigenvalue weighted by atomic mass is 9.95. The molecule has 0 atom stereocenters. The van der Waals surface area contributed by atoms with Crippen molar-refractivity contribution >= 4 is 142 Å². The van der Waals surface area contributed by atoms with Crippen LogP contribution in [0.1, 0.15) is 48.4 Å². The summed E-state index contributed by atoms with van der Waals surface area (Å²) in [6.45, 7) is 4.02. The van der Waals surface area contributed by atoms with Crippen LogP contribution < -0.4 is 4.90 Å². The van der Waals surface area contributed by atoms with E-state index < -0.39 is 18.4 Å². The maximum absolute atomic E-state index is 13.0. The number of nitrogens with zero attached hydrogens (tertiary/aromatic N) is 3. The molecule has 2 amide bonds. The average molecular weight is 882 g/mol. The van der Waals surface area contributed by atoms with Crippen LogP contribution in [0.4, 0.5) is 17.1 Å². The number of ether oxygens (including phenoxy) is 1. The Morgan fingerprint density at radius 3 is 1.92 bits per heavy atom. The van der Waals surface area contributed by atoms with Gasteiger partial charge in [0, 0.05) is 17.1 Å². The van der Waals surface area contributed by atoms with Gasteiger partial charge in [0.2, 0.25) is 0 Å². The molecule has 2 aliphatic rings. The fraction of sp³-hybridized carbons (Fsp3) is 0.167. The van der Waals surface area contributed by atoms with E-state index in [1.807, 2.05) is 42.5 Å². The number of rotatable bonds is 14. The van der Waals surface area contributed by atoms with Crippen molar-refractivity contribution in [3.63, 3.8) is 0 Å². The molecule has 0 aliphatic carbocycles. The molecule has 0 radical (unpaired) electrons. The molecule has 0 aromatic heterocycles. The van der Waals surface area contributed by atoms with Crippen molar-refractivity contribution in [1.82, 2.24) is 9.80 Å². The van der Waals surface area contributed by atoms with E-state index in [0.29, 0.717) is 14.1 Å². The third-order valence-electron chi connectivity index (χ3n) is 10.7. The van der Waals surface area contributed by atoms with E-state index in [9.17, 15) is 24.3 Å². The van der Waals surface area contributed by atoms with Crippen LogP contribution >= 0.6 is 48.0 Å². The van der Waals surface area contributed by atoms with E-state index in [1.165, 1.54) is 57.8 Å². The molecule has 2 aliphatic heterocycles. The zero-order valence-corrected chi connectivity index (χ0v) is 36.5.